The molecule has 0 saturated carbocycles. The van der Waals surface area contributed by atoms with E-state index in [2.05, 4.69) is 24.1 Å². The van der Waals surface area contributed by atoms with E-state index in [1.165, 1.54) is 0 Å². The average molecular weight is 296 g/mol. The number of nitrogens with one attached hydrogen (secondary N) is 1. The van der Waals surface area contributed by atoms with Crippen LogP contribution in [0.4, 0.5) is 5.82 Å². The van der Waals surface area contributed by atoms with E-state index in [1.807, 2.05) is 11.8 Å². The first-order valence-corrected chi connectivity index (χ1v) is 7.61. The van der Waals surface area contributed by atoms with E-state index in [1.54, 1.807) is 12.3 Å². The molecule has 0 aliphatic carbocycles. The third kappa shape index (κ3) is 3.23. The molecule has 1 aliphatic heterocycles. The van der Waals surface area contributed by atoms with Crippen LogP contribution in [0.2, 0.25) is 5.02 Å². The Morgan fingerprint density at radius 2 is 2.30 bits per heavy atom. The quantitative estimate of drug-likeness (QED) is 0.929. The minimum absolute atomic E-state index is 0.0101. The van der Waals surface area contributed by atoms with E-state index < -0.39 is 0 Å². The molecule has 1 fully saturated rings. The standard InChI is InChI=1S/C15H22ClN3O/c1-4-17-14-8-12(13(16)9-18-14)15(20)19-6-5-10(2)7-11(19)3/h8-11H,4-7H2,1-3H3,(H,17,18). The van der Waals surface area contributed by atoms with Crippen molar-refractivity contribution in [2.24, 2.45) is 5.92 Å². The Labute approximate surface area is 125 Å². The Hall–Kier alpha value is -1.29. The summed E-state index contributed by atoms with van der Waals surface area (Å²) in [5.74, 6) is 1.38. The van der Waals surface area contributed by atoms with Crippen molar-refractivity contribution in [2.75, 3.05) is 18.4 Å². The molecule has 2 heterocycles. The normalized spacial score (nSPS) is 22.7. The van der Waals surface area contributed by atoms with Crippen LogP contribution in [0.1, 0.15) is 44.0 Å². The molecule has 20 heavy (non-hydrogen) atoms. The summed E-state index contributed by atoms with van der Waals surface area (Å²) in [5.41, 5.74) is 0.541. The number of carbonyl (C=O) groups is 1. The molecule has 0 bridgehead atoms. The molecule has 2 atom stereocenters. The van der Waals surface area contributed by atoms with Crippen LogP contribution in [0, 0.1) is 5.92 Å². The van der Waals surface area contributed by atoms with Gasteiger partial charge in [0.15, 0.2) is 0 Å². The highest BCUT2D eigenvalue weighted by Crippen LogP contribution is 2.26. The zero-order valence-corrected chi connectivity index (χ0v) is 13.1. The number of nitrogens with zero attached hydrogens (tertiary/aromatic N) is 2. The molecule has 2 rings (SSSR count). The van der Waals surface area contributed by atoms with Gasteiger partial charge in [-0.15, -0.1) is 0 Å². The Morgan fingerprint density at radius 1 is 1.55 bits per heavy atom. The van der Waals surface area contributed by atoms with Gasteiger partial charge in [0.1, 0.15) is 5.82 Å². The molecule has 2 unspecified atom stereocenters. The van der Waals surface area contributed by atoms with Crippen LogP contribution in [0.25, 0.3) is 0 Å². The van der Waals surface area contributed by atoms with Crippen LogP contribution in [0.15, 0.2) is 12.3 Å². The Balaban J connectivity index is 2.21. The maximum atomic E-state index is 12.7. The lowest BCUT2D eigenvalue weighted by Gasteiger charge is -2.36. The van der Waals surface area contributed by atoms with Gasteiger partial charge in [0.2, 0.25) is 0 Å². The lowest BCUT2D eigenvalue weighted by molar-refractivity contribution is 0.0589. The maximum Gasteiger partial charge on any atom is 0.255 e. The number of pyridine rings is 1. The maximum absolute atomic E-state index is 12.7. The smallest absolute Gasteiger partial charge is 0.255 e. The Morgan fingerprint density at radius 3 is 2.95 bits per heavy atom. The summed E-state index contributed by atoms with van der Waals surface area (Å²) in [5, 5.41) is 3.53. The summed E-state index contributed by atoms with van der Waals surface area (Å²) >= 11 is 6.15. The molecule has 1 aromatic rings. The van der Waals surface area contributed by atoms with Crippen LogP contribution in [0.5, 0.6) is 0 Å². The summed E-state index contributed by atoms with van der Waals surface area (Å²) in [6, 6.07) is 2.01. The van der Waals surface area contributed by atoms with Gasteiger partial charge in [-0.3, -0.25) is 4.79 Å². The zero-order valence-electron chi connectivity index (χ0n) is 12.3. The average Bonchev–Trinajstić information content (AvgIpc) is 2.40. The second-order valence-corrected chi connectivity index (χ2v) is 5.96. The predicted octanol–water partition coefficient (Wildman–Crippen LogP) is 3.43. The van der Waals surface area contributed by atoms with E-state index in [-0.39, 0.29) is 11.9 Å². The van der Waals surface area contributed by atoms with Gasteiger partial charge in [-0.05, 0) is 38.7 Å². The molecule has 0 aromatic carbocycles. The summed E-state index contributed by atoms with van der Waals surface area (Å²) in [6.07, 6.45) is 3.65. The van der Waals surface area contributed by atoms with Gasteiger partial charge in [-0.2, -0.15) is 0 Å². The molecular formula is C15H22ClN3O. The molecule has 5 heteroatoms. The number of rotatable bonds is 3. The highest BCUT2D eigenvalue weighted by molar-refractivity contribution is 6.33. The minimum Gasteiger partial charge on any atom is -0.370 e. The van der Waals surface area contributed by atoms with E-state index in [0.29, 0.717) is 22.3 Å². The van der Waals surface area contributed by atoms with Crippen molar-refractivity contribution in [1.82, 2.24) is 9.88 Å². The molecule has 4 nitrogen and oxygen atoms in total. The third-order valence-corrected chi connectivity index (χ3v) is 4.14. The van der Waals surface area contributed by atoms with Crippen molar-refractivity contribution < 1.29 is 4.79 Å². The van der Waals surface area contributed by atoms with Gasteiger partial charge < -0.3 is 10.2 Å². The minimum atomic E-state index is 0.0101. The number of hydrogen-bond acceptors (Lipinski definition) is 3. The number of piperidine rings is 1. The lowest BCUT2D eigenvalue weighted by Crippen LogP contribution is -2.44. The highest BCUT2D eigenvalue weighted by atomic mass is 35.5. The van der Waals surface area contributed by atoms with Crippen molar-refractivity contribution in [3.8, 4) is 0 Å². The topological polar surface area (TPSA) is 45.2 Å². The van der Waals surface area contributed by atoms with Crippen molar-refractivity contribution >= 4 is 23.3 Å². The summed E-state index contributed by atoms with van der Waals surface area (Å²) in [6.45, 7) is 7.90. The summed E-state index contributed by atoms with van der Waals surface area (Å²) < 4.78 is 0. The predicted molar refractivity (Wildman–Crippen MR) is 82.3 cm³/mol. The molecule has 1 aliphatic rings. The van der Waals surface area contributed by atoms with Crippen LogP contribution < -0.4 is 5.32 Å². The van der Waals surface area contributed by atoms with Crippen LogP contribution in [-0.2, 0) is 0 Å². The number of likely N-dealkylation sites (tertiary alicyclic amines) is 1. The molecule has 0 spiro atoms. The van der Waals surface area contributed by atoms with Crippen LogP contribution in [-0.4, -0.2) is 34.9 Å². The first-order chi connectivity index (χ1) is 9.52. The lowest BCUT2D eigenvalue weighted by atomic mass is 9.93. The fourth-order valence-electron chi connectivity index (χ4n) is 2.74. The third-order valence-electron chi connectivity index (χ3n) is 3.84. The van der Waals surface area contributed by atoms with E-state index >= 15 is 0 Å². The molecule has 1 N–H and O–H groups in total. The van der Waals surface area contributed by atoms with Crippen molar-refractivity contribution in [2.45, 2.75) is 39.7 Å². The van der Waals surface area contributed by atoms with Gasteiger partial charge in [-0.1, -0.05) is 18.5 Å². The van der Waals surface area contributed by atoms with Gasteiger partial charge in [0.25, 0.3) is 5.91 Å². The van der Waals surface area contributed by atoms with E-state index in [9.17, 15) is 4.79 Å². The number of hydrogen-bond donors (Lipinski definition) is 1. The fourth-order valence-corrected chi connectivity index (χ4v) is 2.93. The van der Waals surface area contributed by atoms with Crippen LogP contribution in [0.3, 0.4) is 0 Å². The second-order valence-electron chi connectivity index (χ2n) is 5.56. The Bertz CT molecular complexity index is 492. The summed E-state index contributed by atoms with van der Waals surface area (Å²) in [4.78, 5) is 18.8. The number of halogens is 1. The van der Waals surface area contributed by atoms with Gasteiger partial charge in [-0.25, -0.2) is 4.98 Å². The number of carbonyl (C=O) groups excluding carboxylic acids is 1. The molecular weight excluding hydrogens is 274 g/mol. The van der Waals surface area contributed by atoms with E-state index in [4.69, 9.17) is 11.6 Å². The van der Waals surface area contributed by atoms with Crippen LogP contribution >= 0.6 is 11.6 Å². The highest BCUT2D eigenvalue weighted by Gasteiger charge is 2.28. The van der Waals surface area contributed by atoms with E-state index in [0.717, 1.165) is 25.9 Å². The largest absolute Gasteiger partial charge is 0.370 e. The molecule has 1 saturated heterocycles. The summed E-state index contributed by atoms with van der Waals surface area (Å²) in [7, 11) is 0. The van der Waals surface area contributed by atoms with Crippen molar-refractivity contribution in [3.63, 3.8) is 0 Å². The SMILES string of the molecule is CCNc1cc(C(=O)N2CCC(C)CC2C)c(Cl)cn1. The van der Waals surface area contributed by atoms with Crippen molar-refractivity contribution in [3.05, 3.63) is 22.8 Å². The Kier molecular flexibility index (Phi) is 4.86. The first-order valence-electron chi connectivity index (χ1n) is 7.23. The fraction of sp³-hybridized carbons (Fsp3) is 0.600. The van der Waals surface area contributed by atoms with Crippen molar-refractivity contribution in [1.29, 1.82) is 0 Å². The number of anilines is 1. The number of amides is 1. The molecule has 110 valence electrons. The number of aromatic nitrogens is 1. The van der Waals surface area contributed by atoms with Gasteiger partial charge >= 0.3 is 0 Å². The molecule has 1 aromatic heterocycles. The van der Waals surface area contributed by atoms with Gasteiger partial charge in [0, 0.05) is 25.3 Å². The zero-order chi connectivity index (χ0) is 14.7. The van der Waals surface area contributed by atoms with Gasteiger partial charge in [0.05, 0.1) is 10.6 Å². The monoisotopic (exact) mass is 295 g/mol. The first kappa shape index (κ1) is 15.1. The second kappa shape index (κ2) is 6.44. The molecule has 0 radical (unpaired) electrons. The molecule has 1 amide bonds.